The highest BCUT2D eigenvalue weighted by Gasteiger charge is 2.28. The summed E-state index contributed by atoms with van der Waals surface area (Å²) in [7, 11) is 0. The summed E-state index contributed by atoms with van der Waals surface area (Å²) in [5.41, 5.74) is 12.0. The monoisotopic (exact) mass is 784 g/mol. The first kappa shape index (κ1) is 33.3. The molecule has 6 nitrogen and oxygen atoms in total. The molecule has 60 heavy (non-hydrogen) atoms. The standard InChI is InChI=1S/C53H32N6S/c1-3-14-33(15-4-1)50-54-51(34-26-29-37(30-27-34)57-42-22-10-7-18-38(42)39-19-8-11-23-43(39)57)56-52(55-50)35-28-31-46-45(32-35)59-49-41(21-13-25-47(49)60-46)48-40-20-9-12-24-44(40)58(53(48)59)36-16-5-2-6-17-36/h1-32H. The molecule has 5 heterocycles. The van der Waals surface area contributed by atoms with Crippen molar-refractivity contribution in [3.63, 3.8) is 0 Å². The van der Waals surface area contributed by atoms with Crippen LogP contribution in [0.25, 0.3) is 106 Å². The highest BCUT2D eigenvalue weighted by atomic mass is 32.2. The maximum Gasteiger partial charge on any atom is 0.164 e. The minimum absolute atomic E-state index is 0.625. The van der Waals surface area contributed by atoms with Crippen LogP contribution in [-0.2, 0) is 0 Å². The van der Waals surface area contributed by atoms with Crippen molar-refractivity contribution in [2.75, 3.05) is 0 Å². The van der Waals surface area contributed by atoms with E-state index in [0.29, 0.717) is 17.5 Å². The minimum atomic E-state index is 0.625. The van der Waals surface area contributed by atoms with E-state index in [1.165, 1.54) is 58.8 Å². The van der Waals surface area contributed by atoms with Crippen LogP contribution in [-0.4, -0.2) is 28.7 Å². The first-order valence-corrected chi connectivity index (χ1v) is 20.9. The summed E-state index contributed by atoms with van der Waals surface area (Å²) in [4.78, 5) is 17.9. The molecular formula is C53H32N6S. The molecule has 0 saturated heterocycles. The molecule has 4 aromatic heterocycles. The minimum Gasteiger partial charge on any atom is -0.309 e. The van der Waals surface area contributed by atoms with Crippen molar-refractivity contribution in [1.82, 2.24) is 28.7 Å². The van der Waals surface area contributed by atoms with Gasteiger partial charge in [0.25, 0.3) is 0 Å². The first-order valence-electron chi connectivity index (χ1n) is 20.1. The van der Waals surface area contributed by atoms with Gasteiger partial charge < -0.3 is 4.57 Å². The zero-order valence-electron chi connectivity index (χ0n) is 32.1. The molecule has 7 heteroatoms. The second-order valence-corrected chi connectivity index (χ2v) is 16.3. The van der Waals surface area contributed by atoms with Gasteiger partial charge in [-0.3, -0.25) is 9.13 Å². The molecule has 1 aliphatic rings. The van der Waals surface area contributed by atoms with Crippen LogP contribution in [0.15, 0.2) is 204 Å². The summed E-state index contributed by atoms with van der Waals surface area (Å²) < 4.78 is 7.21. The Balaban J connectivity index is 1.00. The third-order valence-corrected chi connectivity index (χ3v) is 13.0. The highest BCUT2D eigenvalue weighted by Crippen LogP contribution is 2.50. The van der Waals surface area contributed by atoms with Crippen molar-refractivity contribution in [2.24, 2.45) is 0 Å². The fraction of sp³-hybridized carbons (Fsp3) is 0. The molecule has 0 unspecified atom stereocenters. The number of hydrogen-bond donors (Lipinski definition) is 0. The van der Waals surface area contributed by atoms with E-state index in [4.69, 9.17) is 15.0 Å². The van der Waals surface area contributed by atoms with E-state index in [1.54, 1.807) is 0 Å². The Morgan fingerprint density at radius 2 is 0.867 bits per heavy atom. The largest absolute Gasteiger partial charge is 0.309 e. The summed E-state index contributed by atoms with van der Waals surface area (Å²) in [6.07, 6.45) is 0. The van der Waals surface area contributed by atoms with Crippen LogP contribution in [0.4, 0.5) is 0 Å². The van der Waals surface area contributed by atoms with Gasteiger partial charge in [-0.25, -0.2) is 15.0 Å². The van der Waals surface area contributed by atoms with Crippen molar-refractivity contribution < 1.29 is 0 Å². The molecule has 0 saturated carbocycles. The Kier molecular flexibility index (Phi) is 7.14. The Bertz CT molecular complexity index is 3620. The Morgan fingerprint density at radius 1 is 0.350 bits per heavy atom. The van der Waals surface area contributed by atoms with Gasteiger partial charge in [-0.1, -0.05) is 127 Å². The predicted molar refractivity (Wildman–Crippen MR) is 246 cm³/mol. The van der Waals surface area contributed by atoms with Gasteiger partial charge >= 0.3 is 0 Å². The normalized spacial score (nSPS) is 12.3. The number of aromatic nitrogens is 6. The SMILES string of the molecule is c1ccc(-c2nc(-c3ccc(-n4c5ccccc5c5ccccc54)cc3)nc(-c3ccc4c(c3)-n3c5c(cccc5c5c6ccccc6n(-c6ccccc6)c53)S4)n2)cc1. The Labute approximate surface area is 348 Å². The smallest absolute Gasteiger partial charge is 0.164 e. The van der Waals surface area contributed by atoms with Crippen molar-refractivity contribution in [3.8, 4) is 51.2 Å². The van der Waals surface area contributed by atoms with Crippen LogP contribution >= 0.6 is 11.8 Å². The number of para-hydroxylation sites is 5. The van der Waals surface area contributed by atoms with Gasteiger partial charge in [0.05, 0.1) is 27.8 Å². The molecule has 0 spiro atoms. The average molecular weight is 785 g/mol. The summed E-state index contributed by atoms with van der Waals surface area (Å²) in [6.45, 7) is 0. The molecule has 0 amide bonds. The second-order valence-electron chi connectivity index (χ2n) is 15.2. The molecule has 0 bridgehead atoms. The number of benzene rings is 8. The number of rotatable bonds is 5. The lowest BCUT2D eigenvalue weighted by molar-refractivity contribution is 1.02. The summed E-state index contributed by atoms with van der Waals surface area (Å²) in [5, 5.41) is 6.21. The fourth-order valence-corrected chi connectivity index (χ4v) is 10.3. The number of hydrogen-bond acceptors (Lipinski definition) is 4. The van der Waals surface area contributed by atoms with E-state index < -0.39 is 0 Å². The van der Waals surface area contributed by atoms with E-state index in [9.17, 15) is 0 Å². The van der Waals surface area contributed by atoms with Gasteiger partial charge in [0, 0.05) is 64.8 Å². The van der Waals surface area contributed by atoms with Gasteiger partial charge in [-0.05, 0) is 78.9 Å². The molecule has 8 aromatic carbocycles. The van der Waals surface area contributed by atoms with E-state index in [1.807, 2.05) is 30.0 Å². The van der Waals surface area contributed by atoms with Gasteiger partial charge in [0.1, 0.15) is 5.65 Å². The molecule has 280 valence electrons. The lowest BCUT2D eigenvalue weighted by Crippen LogP contribution is -2.06. The van der Waals surface area contributed by atoms with Crippen LogP contribution in [0.2, 0.25) is 0 Å². The first-order chi connectivity index (χ1) is 29.8. The fourth-order valence-electron chi connectivity index (χ4n) is 9.27. The topological polar surface area (TPSA) is 53.5 Å². The van der Waals surface area contributed by atoms with Crippen molar-refractivity contribution in [2.45, 2.75) is 9.79 Å². The molecule has 13 rings (SSSR count). The third-order valence-electron chi connectivity index (χ3n) is 11.9. The maximum atomic E-state index is 5.23. The summed E-state index contributed by atoms with van der Waals surface area (Å²) >= 11 is 1.82. The predicted octanol–water partition coefficient (Wildman–Crippen LogP) is 13.5. The van der Waals surface area contributed by atoms with Crippen LogP contribution < -0.4 is 0 Å². The molecule has 1 aliphatic heterocycles. The quantitative estimate of drug-likeness (QED) is 0.174. The molecule has 0 aliphatic carbocycles. The van der Waals surface area contributed by atoms with E-state index in [2.05, 4.69) is 190 Å². The highest BCUT2D eigenvalue weighted by molar-refractivity contribution is 7.99. The summed E-state index contributed by atoms with van der Waals surface area (Å²) in [6, 6.07) is 68.8. The van der Waals surface area contributed by atoms with Crippen molar-refractivity contribution >= 4 is 66.4 Å². The molecule has 12 aromatic rings. The Hall–Kier alpha value is -7.74. The van der Waals surface area contributed by atoms with Crippen molar-refractivity contribution in [1.29, 1.82) is 0 Å². The number of nitrogens with zero attached hydrogens (tertiary/aromatic N) is 6. The molecule has 0 atom stereocenters. The van der Waals surface area contributed by atoms with Crippen LogP contribution in [0.1, 0.15) is 0 Å². The van der Waals surface area contributed by atoms with E-state index in [-0.39, 0.29) is 0 Å². The van der Waals surface area contributed by atoms with Crippen LogP contribution in [0.3, 0.4) is 0 Å². The maximum absolute atomic E-state index is 5.23. The van der Waals surface area contributed by atoms with Crippen molar-refractivity contribution in [3.05, 3.63) is 194 Å². The summed E-state index contributed by atoms with van der Waals surface area (Å²) in [5.74, 6) is 1.88. The number of fused-ring (bicyclic) bond motifs is 10. The van der Waals surface area contributed by atoms with Gasteiger partial charge in [-0.2, -0.15) is 0 Å². The average Bonchev–Trinajstić information content (AvgIpc) is 3.96. The zero-order valence-corrected chi connectivity index (χ0v) is 32.9. The lowest BCUT2D eigenvalue weighted by atomic mass is 10.1. The second kappa shape index (κ2) is 12.9. The van der Waals surface area contributed by atoms with E-state index >= 15 is 0 Å². The van der Waals surface area contributed by atoms with E-state index in [0.717, 1.165) is 39.4 Å². The van der Waals surface area contributed by atoms with Crippen LogP contribution in [0.5, 0.6) is 0 Å². The Morgan fingerprint density at radius 3 is 1.55 bits per heavy atom. The molecule has 0 radical (unpaired) electrons. The molecule has 0 N–H and O–H groups in total. The zero-order chi connectivity index (χ0) is 39.3. The molecule has 0 fully saturated rings. The lowest BCUT2D eigenvalue weighted by Gasteiger charge is -2.22. The van der Waals surface area contributed by atoms with Gasteiger partial charge in [0.15, 0.2) is 17.5 Å². The third kappa shape index (κ3) is 4.87. The molecular weight excluding hydrogens is 753 g/mol. The van der Waals surface area contributed by atoms with Gasteiger partial charge in [-0.15, -0.1) is 0 Å². The van der Waals surface area contributed by atoms with Crippen LogP contribution in [0, 0.1) is 0 Å². The van der Waals surface area contributed by atoms with Gasteiger partial charge in [0.2, 0.25) is 0 Å².